The van der Waals surface area contributed by atoms with Gasteiger partial charge in [0.05, 0.1) is 18.0 Å². The van der Waals surface area contributed by atoms with Crippen molar-refractivity contribution < 1.29 is 9.53 Å². The number of nitriles is 1. The van der Waals surface area contributed by atoms with Gasteiger partial charge in [0.15, 0.2) is 0 Å². The van der Waals surface area contributed by atoms with E-state index >= 15 is 0 Å². The molecule has 0 fully saturated rings. The van der Waals surface area contributed by atoms with Crippen molar-refractivity contribution >= 4 is 34.6 Å². The van der Waals surface area contributed by atoms with Crippen molar-refractivity contribution in [3.63, 3.8) is 0 Å². The SMILES string of the molecule is CCOC(=O)C1(C#N)Nc2ccc(Cl)cc2N(c2ccc(C)cc2)C1c1ccccc1. The van der Waals surface area contributed by atoms with Gasteiger partial charge in [0, 0.05) is 10.7 Å². The lowest BCUT2D eigenvalue weighted by Gasteiger charge is -2.47. The third-order valence-electron chi connectivity index (χ3n) is 5.42. The van der Waals surface area contributed by atoms with Gasteiger partial charge in [-0.15, -0.1) is 0 Å². The first-order chi connectivity index (χ1) is 15.0. The number of aryl methyl sites for hydroxylation is 1. The molecule has 5 nitrogen and oxygen atoms in total. The Morgan fingerprint density at radius 1 is 1.16 bits per heavy atom. The lowest BCUT2D eigenvalue weighted by atomic mass is 9.81. The molecule has 0 bridgehead atoms. The quantitative estimate of drug-likeness (QED) is 0.530. The molecule has 0 aromatic heterocycles. The number of esters is 1. The molecule has 0 aliphatic carbocycles. The third-order valence-corrected chi connectivity index (χ3v) is 5.66. The number of hydrogen-bond donors (Lipinski definition) is 1. The molecular weight excluding hydrogens is 410 g/mol. The van der Waals surface area contributed by atoms with E-state index in [4.69, 9.17) is 16.3 Å². The maximum Gasteiger partial charge on any atom is 0.349 e. The number of rotatable bonds is 4. The van der Waals surface area contributed by atoms with Crippen LogP contribution in [0.15, 0.2) is 72.8 Å². The van der Waals surface area contributed by atoms with Gasteiger partial charge in [-0.25, -0.2) is 4.79 Å². The van der Waals surface area contributed by atoms with Crippen molar-refractivity contribution in [3.05, 3.63) is 88.9 Å². The summed E-state index contributed by atoms with van der Waals surface area (Å²) in [6.07, 6.45) is 0. The molecule has 2 atom stereocenters. The van der Waals surface area contributed by atoms with Crippen LogP contribution in [0.1, 0.15) is 24.1 Å². The van der Waals surface area contributed by atoms with E-state index in [9.17, 15) is 10.1 Å². The van der Waals surface area contributed by atoms with Crippen LogP contribution in [0.3, 0.4) is 0 Å². The van der Waals surface area contributed by atoms with Crippen molar-refractivity contribution in [1.29, 1.82) is 5.26 Å². The smallest absolute Gasteiger partial charge is 0.349 e. The molecule has 0 spiro atoms. The zero-order valence-electron chi connectivity index (χ0n) is 17.3. The monoisotopic (exact) mass is 431 g/mol. The Hall–Kier alpha value is -3.49. The Kier molecular flexibility index (Phi) is 5.58. The fourth-order valence-electron chi connectivity index (χ4n) is 3.99. The number of carbonyl (C=O) groups is 1. The summed E-state index contributed by atoms with van der Waals surface area (Å²) in [5.41, 5.74) is 2.50. The van der Waals surface area contributed by atoms with E-state index < -0.39 is 17.6 Å². The number of nitrogens with zero attached hydrogens (tertiary/aromatic N) is 2. The van der Waals surface area contributed by atoms with E-state index in [1.165, 1.54) is 0 Å². The van der Waals surface area contributed by atoms with Gasteiger partial charge in [0.2, 0.25) is 5.54 Å². The van der Waals surface area contributed by atoms with E-state index in [2.05, 4.69) is 11.4 Å². The van der Waals surface area contributed by atoms with Crippen molar-refractivity contribution in [2.75, 3.05) is 16.8 Å². The molecule has 2 unspecified atom stereocenters. The van der Waals surface area contributed by atoms with Crippen molar-refractivity contribution in [2.24, 2.45) is 0 Å². The summed E-state index contributed by atoms with van der Waals surface area (Å²) in [6, 6.07) is 24.4. The molecule has 1 N–H and O–H groups in total. The van der Waals surface area contributed by atoms with Crippen LogP contribution in [0.5, 0.6) is 0 Å². The Morgan fingerprint density at radius 3 is 2.52 bits per heavy atom. The molecule has 0 saturated carbocycles. The fourth-order valence-corrected chi connectivity index (χ4v) is 4.16. The number of carbonyl (C=O) groups excluding carboxylic acids is 1. The average Bonchev–Trinajstić information content (AvgIpc) is 2.79. The summed E-state index contributed by atoms with van der Waals surface area (Å²) >= 11 is 6.35. The van der Waals surface area contributed by atoms with Crippen molar-refractivity contribution in [1.82, 2.24) is 0 Å². The first kappa shape index (κ1) is 20.8. The minimum absolute atomic E-state index is 0.170. The minimum Gasteiger partial charge on any atom is -0.463 e. The number of nitrogens with one attached hydrogen (secondary N) is 1. The zero-order valence-corrected chi connectivity index (χ0v) is 18.1. The number of benzene rings is 3. The molecular formula is C25H22ClN3O2. The summed E-state index contributed by atoms with van der Waals surface area (Å²) in [5, 5.41) is 14.1. The maximum absolute atomic E-state index is 13.3. The Bertz CT molecular complexity index is 1140. The van der Waals surface area contributed by atoms with Gasteiger partial charge in [-0.3, -0.25) is 0 Å². The summed E-state index contributed by atoms with van der Waals surface area (Å²) in [5.74, 6) is -0.621. The van der Waals surface area contributed by atoms with Crippen LogP contribution >= 0.6 is 11.6 Å². The first-order valence-corrected chi connectivity index (χ1v) is 10.4. The zero-order chi connectivity index (χ0) is 22.0. The lowest BCUT2D eigenvalue weighted by molar-refractivity contribution is -0.147. The minimum atomic E-state index is -1.66. The highest BCUT2D eigenvalue weighted by molar-refractivity contribution is 6.31. The van der Waals surface area contributed by atoms with Gasteiger partial charge in [0.25, 0.3) is 0 Å². The van der Waals surface area contributed by atoms with Crippen LogP contribution < -0.4 is 10.2 Å². The largest absolute Gasteiger partial charge is 0.463 e. The Morgan fingerprint density at radius 2 is 1.87 bits per heavy atom. The molecule has 1 aliphatic rings. The topological polar surface area (TPSA) is 65.4 Å². The van der Waals surface area contributed by atoms with Gasteiger partial charge in [0.1, 0.15) is 12.1 Å². The Labute approximate surface area is 186 Å². The number of fused-ring (bicyclic) bond motifs is 1. The summed E-state index contributed by atoms with van der Waals surface area (Å²) in [7, 11) is 0. The normalized spacial score (nSPS) is 19.7. The number of halogens is 1. The molecule has 4 rings (SSSR count). The predicted molar refractivity (Wildman–Crippen MR) is 123 cm³/mol. The second-order valence-corrected chi connectivity index (χ2v) is 7.88. The molecule has 31 heavy (non-hydrogen) atoms. The van der Waals surface area contributed by atoms with Crippen LogP contribution in [0, 0.1) is 18.3 Å². The van der Waals surface area contributed by atoms with E-state index in [1.54, 1.807) is 19.1 Å². The summed E-state index contributed by atoms with van der Waals surface area (Å²) in [6.45, 7) is 3.91. The highest BCUT2D eigenvalue weighted by atomic mass is 35.5. The molecule has 1 heterocycles. The van der Waals surface area contributed by atoms with Crippen LogP contribution in [0.2, 0.25) is 5.02 Å². The average molecular weight is 432 g/mol. The molecule has 1 aliphatic heterocycles. The van der Waals surface area contributed by atoms with Gasteiger partial charge >= 0.3 is 5.97 Å². The van der Waals surface area contributed by atoms with E-state index in [0.717, 1.165) is 22.5 Å². The van der Waals surface area contributed by atoms with Gasteiger partial charge in [-0.05, 0) is 49.7 Å². The highest BCUT2D eigenvalue weighted by Crippen LogP contribution is 2.50. The number of hydrogen-bond acceptors (Lipinski definition) is 5. The Balaban J connectivity index is 2.04. The van der Waals surface area contributed by atoms with E-state index in [1.807, 2.05) is 72.5 Å². The molecule has 6 heteroatoms. The molecule has 0 saturated heterocycles. The third kappa shape index (κ3) is 3.60. The summed E-state index contributed by atoms with van der Waals surface area (Å²) in [4.78, 5) is 15.3. The second-order valence-electron chi connectivity index (χ2n) is 7.45. The fraction of sp³-hybridized carbons (Fsp3) is 0.200. The molecule has 0 amide bonds. The predicted octanol–water partition coefficient (Wildman–Crippen LogP) is 5.78. The molecule has 156 valence electrons. The van der Waals surface area contributed by atoms with Crippen LogP contribution in [-0.2, 0) is 9.53 Å². The molecule has 0 radical (unpaired) electrons. The number of ether oxygens (including phenoxy) is 1. The first-order valence-electron chi connectivity index (χ1n) is 10.1. The van der Waals surface area contributed by atoms with Gasteiger partial charge < -0.3 is 15.0 Å². The van der Waals surface area contributed by atoms with Gasteiger partial charge in [-0.2, -0.15) is 5.26 Å². The van der Waals surface area contributed by atoms with Gasteiger partial charge in [-0.1, -0.05) is 59.6 Å². The van der Waals surface area contributed by atoms with Crippen LogP contribution in [0.4, 0.5) is 17.1 Å². The van der Waals surface area contributed by atoms with E-state index in [0.29, 0.717) is 10.7 Å². The van der Waals surface area contributed by atoms with E-state index in [-0.39, 0.29) is 6.61 Å². The summed E-state index contributed by atoms with van der Waals surface area (Å²) < 4.78 is 5.39. The second kappa shape index (κ2) is 8.33. The van der Waals surface area contributed by atoms with Crippen molar-refractivity contribution in [2.45, 2.75) is 25.4 Å². The van der Waals surface area contributed by atoms with Crippen LogP contribution in [0.25, 0.3) is 0 Å². The standard InChI is InChI=1S/C25H22ClN3O2/c1-3-31-24(30)25(16-27)23(18-7-5-4-6-8-18)29(20-12-9-17(2)10-13-20)22-15-19(26)11-14-21(22)28-25/h4-15,23,28H,3H2,1-2H3. The molecule has 3 aromatic rings. The van der Waals surface area contributed by atoms with Crippen LogP contribution in [-0.4, -0.2) is 18.1 Å². The van der Waals surface area contributed by atoms with Crippen molar-refractivity contribution in [3.8, 4) is 6.07 Å². The maximum atomic E-state index is 13.3. The highest BCUT2D eigenvalue weighted by Gasteiger charge is 2.55. The lowest BCUT2D eigenvalue weighted by Crippen LogP contribution is -2.58. The molecule has 3 aromatic carbocycles. The number of anilines is 3.